The van der Waals surface area contributed by atoms with Crippen LogP contribution in [0.15, 0.2) is 30.4 Å². The van der Waals surface area contributed by atoms with Gasteiger partial charge in [0.2, 0.25) is 0 Å². The van der Waals surface area contributed by atoms with Crippen LogP contribution < -0.4 is 5.32 Å². The number of carbonyl (C=O) groups is 2. The van der Waals surface area contributed by atoms with Gasteiger partial charge >= 0.3 is 0 Å². The molecule has 1 amide bonds. The molecule has 12 unspecified atom stereocenters. The third-order valence-electron chi connectivity index (χ3n) is 12.8. The minimum Gasteiger partial charge on any atom is -0.369 e. The maximum Gasteiger partial charge on any atom is 0.256 e. The number of hydrogen-bond donors (Lipinski definition) is 1. The predicted molar refractivity (Wildman–Crippen MR) is 175 cm³/mol. The highest BCUT2D eigenvalue weighted by Gasteiger charge is 2.62. The molecule has 1 aromatic heterocycles. The Kier molecular flexibility index (Phi) is 8.73. The molecule has 0 aromatic carbocycles. The minimum atomic E-state index is -1.22. The molecule has 8 rings (SSSR count). The van der Waals surface area contributed by atoms with Gasteiger partial charge in [0, 0.05) is 60.6 Å². The third-order valence-corrected chi connectivity index (χ3v) is 14.0. The normalized spacial score (nSPS) is 42.6. The summed E-state index contributed by atoms with van der Waals surface area (Å²) in [5.74, 6) is 0.176. The van der Waals surface area contributed by atoms with Gasteiger partial charge in [0.25, 0.3) is 5.91 Å². The molecule has 5 heterocycles. The number of amides is 1. The molecule has 3 aliphatic carbocycles. The van der Waals surface area contributed by atoms with Gasteiger partial charge in [-0.3, -0.25) is 24.5 Å². The first-order valence-electron chi connectivity index (χ1n) is 17.8. The zero-order valence-electron chi connectivity index (χ0n) is 26.9. The zero-order valence-corrected chi connectivity index (χ0v) is 28.4. The molecular formula is C35H48BrFN6O3. The van der Waals surface area contributed by atoms with Gasteiger partial charge in [0.15, 0.2) is 5.78 Å². The number of hydrogen-bond acceptors (Lipinski definition) is 8. The fourth-order valence-corrected chi connectivity index (χ4v) is 11.8. The van der Waals surface area contributed by atoms with Gasteiger partial charge in [-0.25, -0.2) is 4.39 Å². The first-order chi connectivity index (χ1) is 22.4. The van der Waals surface area contributed by atoms with Crippen molar-refractivity contribution in [3.05, 3.63) is 36.1 Å². The van der Waals surface area contributed by atoms with Gasteiger partial charge in [-0.2, -0.15) is 0 Å². The Bertz CT molecular complexity index is 1340. The van der Waals surface area contributed by atoms with Crippen molar-refractivity contribution in [2.75, 3.05) is 33.2 Å². The Morgan fingerprint density at radius 1 is 1.09 bits per heavy atom. The molecule has 250 valence electrons. The zero-order chi connectivity index (χ0) is 31.5. The molecule has 1 N–H and O–H groups in total. The third kappa shape index (κ3) is 5.45. The molecule has 0 radical (unpaired) electrons. The maximum atomic E-state index is 16.6. The van der Waals surface area contributed by atoms with Crippen LogP contribution in [0.4, 0.5) is 4.39 Å². The number of ether oxygens (including phenoxy) is 1. The summed E-state index contributed by atoms with van der Waals surface area (Å²) in [7, 11) is 2.14. The van der Waals surface area contributed by atoms with Crippen LogP contribution >= 0.6 is 15.9 Å². The molecule has 4 aliphatic heterocycles. The van der Waals surface area contributed by atoms with E-state index >= 15 is 4.39 Å². The van der Waals surface area contributed by atoms with Crippen molar-refractivity contribution in [2.45, 2.75) is 118 Å². The monoisotopic (exact) mass is 698 g/mol. The Balaban J connectivity index is 1.09. The van der Waals surface area contributed by atoms with E-state index in [1.54, 1.807) is 12.4 Å². The van der Waals surface area contributed by atoms with Gasteiger partial charge in [-0.1, -0.05) is 35.2 Å². The van der Waals surface area contributed by atoms with Crippen LogP contribution in [0.1, 0.15) is 75.8 Å². The number of morpholine rings is 1. The summed E-state index contributed by atoms with van der Waals surface area (Å²) >= 11 is 4.16. The van der Waals surface area contributed by atoms with Crippen LogP contribution in [0, 0.1) is 17.8 Å². The Hall–Kier alpha value is -1.95. The van der Waals surface area contributed by atoms with E-state index < -0.39 is 24.2 Å². The van der Waals surface area contributed by atoms with Gasteiger partial charge in [-0.05, 0) is 76.9 Å². The number of Topliss-reactive ketones (excluding diaryl/α,β-unsaturated/α-hetero) is 1. The number of carbonyl (C=O) groups excluding carboxylic acids is 2. The quantitative estimate of drug-likeness (QED) is 0.354. The topological polar surface area (TPSA) is 90.9 Å². The Morgan fingerprint density at radius 3 is 2.76 bits per heavy atom. The van der Waals surface area contributed by atoms with E-state index in [9.17, 15) is 9.59 Å². The smallest absolute Gasteiger partial charge is 0.256 e. The standard InChI is InChI=1S/C35H48BrFN6O3/c1-41-13-4-6-22(41)8-10-40-35(45)25-19-43-30-24(33(25)44)16-26(37)31(42-14-9-21(18-42)27-17-38-11-12-39-27)34(30)46-28-15-20-5-2-3-7-23(20)29(36)32(28)43/h11-12,17,19-24,26,28-32,34H,2-10,13-16,18H2,1H3,(H,40,45). The van der Waals surface area contributed by atoms with Crippen molar-refractivity contribution in [3.63, 3.8) is 0 Å². The van der Waals surface area contributed by atoms with Crippen LogP contribution in [-0.2, 0) is 14.3 Å². The maximum absolute atomic E-state index is 16.6. The number of halogens is 2. The molecule has 3 saturated carbocycles. The fraction of sp³-hybridized carbons (Fsp3) is 0.771. The number of nitrogens with zero attached hydrogens (tertiary/aromatic N) is 5. The van der Waals surface area contributed by atoms with E-state index in [2.05, 4.69) is 53.0 Å². The van der Waals surface area contributed by atoms with Crippen molar-refractivity contribution in [1.82, 2.24) is 30.0 Å². The number of likely N-dealkylation sites (tertiary alicyclic amines) is 2. The lowest BCUT2D eigenvalue weighted by Gasteiger charge is -2.62. The average molecular weight is 700 g/mol. The van der Waals surface area contributed by atoms with Crippen LogP contribution in [0.3, 0.4) is 0 Å². The van der Waals surface area contributed by atoms with Crippen molar-refractivity contribution in [3.8, 4) is 0 Å². The summed E-state index contributed by atoms with van der Waals surface area (Å²) in [6, 6.07) is -0.258. The molecule has 12 atom stereocenters. The largest absolute Gasteiger partial charge is 0.369 e. The number of aromatic nitrogens is 2. The second-order valence-electron chi connectivity index (χ2n) is 15.1. The van der Waals surface area contributed by atoms with E-state index in [0.717, 1.165) is 44.5 Å². The van der Waals surface area contributed by atoms with E-state index in [4.69, 9.17) is 4.74 Å². The molecule has 0 bridgehead atoms. The summed E-state index contributed by atoms with van der Waals surface area (Å²) in [6.07, 6.45) is 15.4. The molecule has 6 fully saturated rings. The highest BCUT2D eigenvalue weighted by molar-refractivity contribution is 9.09. The number of ketones is 1. The van der Waals surface area contributed by atoms with Gasteiger partial charge in [0.1, 0.15) is 6.17 Å². The van der Waals surface area contributed by atoms with Gasteiger partial charge < -0.3 is 19.9 Å². The number of fused-ring (bicyclic) bond motifs is 3. The van der Waals surface area contributed by atoms with E-state index in [0.29, 0.717) is 31.0 Å². The lowest BCUT2D eigenvalue weighted by atomic mass is 9.64. The van der Waals surface area contributed by atoms with Crippen molar-refractivity contribution in [2.24, 2.45) is 17.8 Å². The molecule has 9 nitrogen and oxygen atoms in total. The summed E-state index contributed by atoms with van der Waals surface area (Å²) < 4.78 is 23.7. The predicted octanol–water partition coefficient (Wildman–Crippen LogP) is 3.84. The van der Waals surface area contributed by atoms with Crippen LogP contribution in [0.2, 0.25) is 0 Å². The van der Waals surface area contributed by atoms with Gasteiger partial charge in [0.05, 0.1) is 41.6 Å². The molecule has 46 heavy (non-hydrogen) atoms. The van der Waals surface area contributed by atoms with Crippen LogP contribution in [0.25, 0.3) is 0 Å². The van der Waals surface area contributed by atoms with Crippen LogP contribution in [-0.4, -0.2) is 117 Å². The fourth-order valence-electron chi connectivity index (χ4n) is 10.5. The molecule has 7 aliphatic rings. The van der Waals surface area contributed by atoms with E-state index in [1.165, 1.54) is 32.1 Å². The highest BCUT2D eigenvalue weighted by Crippen LogP contribution is 2.53. The van der Waals surface area contributed by atoms with E-state index in [-0.39, 0.29) is 52.6 Å². The SMILES string of the molecule is CN1CCCC1CCNC(=O)C1=CN2C3C(CC4CCCCC4C3Br)OC3C(N4CCC(c5cnccn5)C4)C(F)CC(C1=O)C32. The number of alkyl halides is 2. The number of rotatable bonds is 6. The lowest BCUT2D eigenvalue weighted by Crippen LogP contribution is -2.75. The Labute approximate surface area is 280 Å². The summed E-state index contributed by atoms with van der Waals surface area (Å²) in [5, 5.41) is 3.08. The molecular weight excluding hydrogens is 651 g/mol. The van der Waals surface area contributed by atoms with Crippen molar-refractivity contribution in [1.29, 1.82) is 0 Å². The highest BCUT2D eigenvalue weighted by atomic mass is 79.9. The van der Waals surface area contributed by atoms with Crippen molar-refractivity contribution >= 4 is 27.6 Å². The van der Waals surface area contributed by atoms with Gasteiger partial charge in [-0.15, -0.1) is 0 Å². The first-order valence-corrected chi connectivity index (χ1v) is 18.8. The Morgan fingerprint density at radius 2 is 1.96 bits per heavy atom. The second-order valence-corrected chi connectivity index (χ2v) is 16.2. The van der Waals surface area contributed by atoms with Crippen LogP contribution in [0.5, 0.6) is 0 Å². The molecule has 1 aromatic rings. The summed E-state index contributed by atoms with van der Waals surface area (Å²) in [5.41, 5.74) is 1.14. The molecule has 3 saturated heterocycles. The van der Waals surface area contributed by atoms with E-state index in [1.807, 2.05) is 12.4 Å². The number of nitrogens with one attached hydrogen (secondary N) is 1. The first kappa shape index (κ1) is 31.3. The minimum absolute atomic E-state index is 0.00821. The average Bonchev–Trinajstić information content (AvgIpc) is 3.72. The summed E-state index contributed by atoms with van der Waals surface area (Å²) in [6.45, 7) is 3.09. The summed E-state index contributed by atoms with van der Waals surface area (Å²) in [4.78, 5) is 43.8. The second kappa shape index (κ2) is 12.8. The van der Waals surface area contributed by atoms with Crippen molar-refractivity contribution < 1.29 is 18.7 Å². The molecule has 11 heteroatoms. The molecule has 0 spiro atoms. The lowest BCUT2D eigenvalue weighted by molar-refractivity contribution is -0.217.